The Bertz CT molecular complexity index is 1460. The van der Waals surface area contributed by atoms with Crippen LogP contribution in [0.15, 0.2) is 97.1 Å². The lowest BCUT2D eigenvalue weighted by atomic mass is 9.81. The summed E-state index contributed by atoms with van der Waals surface area (Å²) >= 11 is 0. The number of aromatic nitrogens is 1. The Balaban J connectivity index is 1.63. The molecule has 1 N–H and O–H groups in total. The van der Waals surface area contributed by atoms with Gasteiger partial charge in [0.2, 0.25) is 0 Å². The molecule has 0 saturated carbocycles. The maximum Gasteiger partial charge on any atom is 0.309 e. The highest BCUT2D eigenvalue weighted by Gasteiger charge is 2.35. The summed E-state index contributed by atoms with van der Waals surface area (Å²) in [6.45, 7) is 7.42. The minimum atomic E-state index is -0.935. The lowest BCUT2D eigenvalue weighted by Crippen LogP contribution is -2.49. The van der Waals surface area contributed by atoms with Crippen molar-refractivity contribution in [3.8, 4) is 16.8 Å². The van der Waals surface area contributed by atoms with Crippen LogP contribution in [0.1, 0.15) is 27.7 Å². The predicted molar refractivity (Wildman–Crippen MR) is 144 cm³/mol. The Kier molecular flexibility index (Phi) is 5.59. The summed E-state index contributed by atoms with van der Waals surface area (Å²) in [4.78, 5) is 0. The second-order valence-electron chi connectivity index (χ2n) is 9.95. The third kappa shape index (κ3) is 3.94. The van der Waals surface area contributed by atoms with Gasteiger partial charge in [0.05, 0.1) is 22.2 Å². The molecule has 0 radical (unpaired) electrons. The van der Waals surface area contributed by atoms with Crippen LogP contribution >= 0.6 is 0 Å². The predicted octanol–water partition coefficient (Wildman–Crippen LogP) is 5.99. The Morgan fingerprint density at radius 2 is 1.41 bits per heavy atom. The summed E-state index contributed by atoms with van der Waals surface area (Å²) in [5, 5.41) is 12.9. The highest BCUT2D eigenvalue weighted by Crippen LogP contribution is 2.38. The Labute approximate surface area is 201 Å². The van der Waals surface area contributed by atoms with Crippen LogP contribution in [0, 0.1) is 0 Å². The standard InChI is InChI=1S/C30H30BNO2/c1-29(2,33)30(3,4)34-31-22-13-10-12-21(20-22)24-17-11-19-27-28(24)25-16-8-9-18-26(25)32(27)23-14-6-5-7-15-23/h5-20,31,33H,1-4H3. The van der Waals surface area contributed by atoms with Gasteiger partial charge in [-0.05, 0) is 63.1 Å². The fourth-order valence-corrected chi connectivity index (χ4v) is 4.38. The van der Waals surface area contributed by atoms with Crippen molar-refractivity contribution in [1.82, 2.24) is 4.57 Å². The topological polar surface area (TPSA) is 34.4 Å². The molecule has 0 unspecified atom stereocenters. The molecule has 0 atom stereocenters. The number of nitrogens with zero attached hydrogens (tertiary/aromatic N) is 1. The van der Waals surface area contributed by atoms with Gasteiger partial charge in [-0.15, -0.1) is 0 Å². The van der Waals surface area contributed by atoms with Crippen molar-refractivity contribution in [1.29, 1.82) is 0 Å². The minimum Gasteiger partial charge on any atom is -0.427 e. The van der Waals surface area contributed by atoms with Crippen molar-refractivity contribution < 1.29 is 9.76 Å². The van der Waals surface area contributed by atoms with Gasteiger partial charge in [-0.3, -0.25) is 0 Å². The SMILES string of the molecule is CC(C)(O)C(C)(C)OBc1cccc(-c2cccc3c2c2ccccc2n3-c2ccccc2)c1. The van der Waals surface area contributed by atoms with E-state index in [1.807, 2.05) is 13.8 Å². The monoisotopic (exact) mass is 447 g/mol. The summed E-state index contributed by atoms with van der Waals surface area (Å²) in [6.07, 6.45) is 0. The van der Waals surface area contributed by atoms with Crippen molar-refractivity contribution >= 4 is 34.8 Å². The molecule has 4 aromatic carbocycles. The van der Waals surface area contributed by atoms with Gasteiger partial charge in [0.25, 0.3) is 0 Å². The maximum atomic E-state index is 10.4. The molecule has 5 aromatic rings. The first kappa shape index (κ1) is 22.5. The van der Waals surface area contributed by atoms with Crippen LogP contribution in [0.3, 0.4) is 0 Å². The molecule has 170 valence electrons. The van der Waals surface area contributed by atoms with E-state index in [4.69, 9.17) is 4.65 Å². The lowest BCUT2D eigenvalue weighted by molar-refractivity contribution is -0.0893. The number of aliphatic hydroxyl groups is 1. The van der Waals surface area contributed by atoms with Crippen molar-refractivity contribution in [3.05, 3.63) is 97.1 Å². The molecule has 0 bridgehead atoms. The van der Waals surface area contributed by atoms with Crippen LogP contribution in [-0.2, 0) is 4.65 Å². The molecule has 0 amide bonds. The summed E-state index contributed by atoms with van der Waals surface area (Å²) in [5.74, 6) is 0. The quantitative estimate of drug-likeness (QED) is 0.324. The molecule has 1 heterocycles. The zero-order chi connectivity index (χ0) is 23.9. The minimum absolute atomic E-state index is 0.437. The van der Waals surface area contributed by atoms with E-state index in [2.05, 4.69) is 102 Å². The molecule has 3 nitrogen and oxygen atoms in total. The van der Waals surface area contributed by atoms with Crippen LogP contribution in [0.4, 0.5) is 0 Å². The molecule has 0 saturated heterocycles. The van der Waals surface area contributed by atoms with Crippen molar-refractivity contribution in [2.45, 2.75) is 38.9 Å². The van der Waals surface area contributed by atoms with Crippen molar-refractivity contribution in [2.75, 3.05) is 0 Å². The largest absolute Gasteiger partial charge is 0.427 e. The smallest absolute Gasteiger partial charge is 0.309 e. The molecule has 0 spiro atoms. The summed E-state index contributed by atoms with van der Waals surface area (Å²) in [5.41, 5.74) is 5.38. The molecule has 0 aliphatic carbocycles. The zero-order valence-electron chi connectivity index (χ0n) is 20.2. The van der Waals surface area contributed by atoms with Gasteiger partial charge in [-0.2, -0.15) is 0 Å². The Hall–Kier alpha value is -3.34. The number of para-hydroxylation sites is 2. The first-order chi connectivity index (χ1) is 16.3. The number of rotatable bonds is 6. The number of hydrogen-bond acceptors (Lipinski definition) is 2. The van der Waals surface area contributed by atoms with Gasteiger partial charge < -0.3 is 14.3 Å². The van der Waals surface area contributed by atoms with Crippen molar-refractivity contribution in [2.24, 2.45) is 0 Å². The average molecular weight is 447 g/mol. The lowest BCUT2D eigenvalue weighted by Gasteiger charge is -2.37. The molecular formula is C30H30BNO2. The van der Waals surface area contributed by atoms with E-state index in [0.29, 0.717) is 7.48 Å². The van der Waals surface area contributed by atoms with Gasteiger partial charge in [0.15, 0.2) is 0 Å². The molecule has 0 aliphatic heterocycles. The van der Waals surface area contributed by atoms with E-state index in [-0.39, 0.29) is 0 Å². The van der Waals surface area contributed by atoms with Crippen LogP contribution in [-0.4, -0.2) is 28.4 Å². The Morgan fingerprint density at radius 3 is 2.18 bits per heavy atom. The van der Waals surface area contributed by atoms with Crippen LogP contribution in [0.2, 0.25) is 0 Å². The molecular weight excluding hydrogens is 417 g/mol. The zero-order valence-corrected chi connectivity index (χ0v) is 20.2. The van der Waals surface area contributed by atoms with Gasteiger partial charge in [-0.25, -0.2) is 0 Å². The molecule has 1 aromatic heterocycles. The summed E-state index contributed by atoms with van der Waals surface area (Å²) in [6, 6.07) is 34.2. The van der Waals surface area contributed by atoms with E-state index in [1.54, 1.807) is 13.8 Å². The van der Waals surface area contributed by atoms with E-state index >= 15 is 0 Å². The van der Waals surface area contributed by atoms with Crippen LogP contribution in [0.5, 0.6) is 0 Å². The highest BCUT2D eigenvalue weighted by molar-refractivity contribution is 6.47. The number of hydrogen-bond donors (Lipinski definition) is 1. The second-order valence-corrected chi connectivity index (χ2v) is 9.95. The summed E-state index contributed by atoms with van der Waals surface area (Å²) < 4.78 is 8.48. The van der Waals surface area contributed by atoms with Gasteiger partial charge >= 0.3 is 7.48 Å². The molecule has 0 fully saturated rings. The third-order valence-corrected chi connectivity index (χ3v) is 7.02. The molecule has 34 heavy (non-hydrogen) atoms. The maximum absolute atomic E-state index is 10.4. The van der Waals surface area contributed by atoms with Crippen LogP contribution in [0.25, 0.3) is 38.6 Å². The average Bonchev–Trinajstić information content (AvgIpc) is 3.17. The first-order valence-corrected chi connectivity index (χ1v) is 11.8. The van der Waals surface area contributed by atoms with E-state index < -0.39 is 11.2 Å². The van der Waals surface area contributed by atoms with E-state index in [9.17, 15) is 5.11 Å². The molecule has 0 aliphatic rings. The van der Waals surface area contributed by atoms with Gasteiger partial charge in [-0.1, -0.05) is 78.3 Å². The van der Waals surface area contributed by atoms with E-state index in [0.717, 1.165) is 16.7 Å². The van der Waals surface area contributed by atoms with E-state index in [1.165, 1.54) is 27.4 Å². The molecule has 4 heteroatoms. The first-order valence-electron chi connectivity index (χ1n) is 11.8. The molecule has 5 rings (SSSR count). The van der Waals surface area contributed by atoms with Gasteiger partial charge in [0.1, 0.15) is 0 Å². The van der Waals surface area contributed by atoms with Crippen molar-refractivity contribution in [3.63, 3.8) is 0 Å². The summed E-state index contributed by atoms with van der Waals surface area (Å²) in [7, 11) is 0.437. The fourth-order valence-electron chi connectivity index (χ4n) is 4.38. The Morgan fingerprint density at radius 1 is 0.735 bits per heavy atom. The highest BCUT2D eigenvalue weighted by atomic mass is 16.5. The fraction of sp³-hybridized carbons (Fsp3) is 0.200. The van der Waals surface area contributed by atoms with Gasteiger partial charge in [0, 0.05) is 16.5 Å². The normalized spacial score (nSPS) is 12.4. The number of benzene rings is 4. The third-order valence-electron chi connectivity index (χ3n) is 7.02. The van der Waals surface area contributed by atoms with Crippen LogP contribution < -0.4 is 5.46 Å². The second kappa shape index (κ2) is 8.46. The number of fused-ring (bicyclic) bond motifs is 3.